The molecule has 0 fully saturated rings. The third kappa shape index (κ3) is 2.32. The van der Waals surface area contributed by atoms with Crippen molar-refractivity contribution in [3.63, 3.8) is 0 Å². The third-order valence-corrected chi connectivity index (χ3v) is 3.75. The van der Waals surface area contributed by atoms with Gasteiger partial charge < -0.3 is 0 Å². The minimum atomic E-state index is -0.00115. The molecule has 0 N–H and O–H groups in total. The standard InChI is InChI=1S/C10H10IN3OS/c1-6-12-3-9(11)10(15)14(6)4-8-5-16-7(2)13-8/h3,5H,4H2,1-2H3. The molecular formula is C10H10IN3OS. The summed E-state index contributed by atoms with van der Waals surface area (Å²) in [4.78, 5) is 20.4. The zero-order valence-corrected chi connectivity index (χ0v) is 11.9. The van der Waals surface area contributed by atoms with Crippen molar-refractivity contribution in [3.8, 4) is 0 Å². The van der Waals surface area contributed by atoms with E-state index in [4.69, 9.17) is 0 Å². The normalized spacial score (nSPS) is 10.7. The van der Waals surface area contributed by atoms with Gasteiger partial charge in [-0.25, -0.2) is 9.97 Å². The molecule has 2 heterocycles. The summed E-state index contributed by atoms with van der Waals surface area (Å²) in [5, 5.41) is 2.99. The molecule has 0 aliphatic heterocycles. The summed E-state index contributed by atoms with van der Waals surface area (Å²) in [5.41, 5.74) is 0.912. The first-order chi connectivity index (χ1) is 7.58. The van der Waals surface area contributed by atoms with Gasteiger partial charge in [-0.2, -0.15) is 0 Å². The molecule has 16 heavy (non-hydrogen) atoms. The first-order valence-electron chi connectivity index (χ1n) is 4.71. The van der Waals surface area contributed by atoms with Gasteiger partial charge in [0.05, 0.1) is 20.8 Å². The molecule has 0 aliphatic carbocycles. The van der Waals surface area contributed by atoms with E-state index in [0.717, 1.165) is 16.5 Å². The summed E-state index contributed by atoms with van der Waals surface area (Å²) in [6, 6.07) is 0. The molecule has 0 bridgehead atoms. The minimum Gasteiger partial charge on any atom is -0.290 e. The van der Waals surface area contributed by atoms with Gasteiger partial charge in [0.25, 0.3) is 5.56 Å². The fourth-order valence-electron chi connectivity index (χ4n) is 1.38. The highest BCUT2D eigenvalue weighted by atomic mass is 127. The van der Waals surface area contributed by atoms with Crippen LogP contribution in [0.25, 0.3) is 0 Å². The van der Waals surface area contributed by atoms with Crippen molar-refractivity contribution >= 4 is 33.9 Å². The topological polar surface area (TPSA) is 47.8 Å². The predicted octanol–water partition coefficient (Wildman–Crippen LogP) is 1.97. The van der Waals surface area contributed by atoms with Crippen LogP contribution in [0, 0.1) is 17.4 Å². The molecule has 0 atom stereocenters. The Hall–Kier alpha value is -0.760. The Morgan fingerprint density at radius 1 is 1.50 bits per heavy atom. The molecule has 0 aromatic carbocycles. The van der Waals surface area contributed by atoms with Gasteiger partial charge >= 0.3 is 0 Å². The van der Waals surface area contributed by atoms with Crippen LogP contribution in [-0.2, 0) is 6.54 Å². The van der Waals surface area contributed by atoms with Crippen LogP contribution in [0.2, 0.25) is 0 Å². The van der Waals surface area contributed by atoms with Gasteiger partial charge in [0.15, 0.2) is 0 Å². The van der Waals surface area contributed by atoms with Crippen LogP contribution in [0.4, 0.5) is 0 Å². The largest absolute Gasteiger partial charge is 0.290 e. The number of aromatic nitrogens is 3. The van der Waals surface area contributed by atoms with E-state index in [-0.39, 0.29) is 5.56 Å². The lowest BCUT2D eigenvalue weighted by molar-refractivity contribution is 0.683. The van der Waals surface area contributed by atoms with Gasteiger partial charge in [-0.15, -0.1) is 11.3 Å². The Kier molecular flexibility index (Phi) is 3.38. The lowest BCUT2D eigenvalue weighted by Gasteiger charge is -2.07. The van der Waals surface area contributed by atoms with Crippen molar-refractivity contribution in [1.29, 1.82) is 0 Å². The maximum Gasteiger partial charge on any atom is 0.267 e. The van der Waals surface area contributed by atoms with Crippen LogP contribution in [0.5, 0.6) is 0 Å². The Bertz CT molecular complexity index is 576. The van der Waals surface area contributed by atoms with E-state index in [0.29, 0.717) is 10.1 Å². The average molecular weight is 347 g/mol. The molecule has 84 valence electrons. The van der Waals surface area contributed by atoms with Crippen LogP contribution in [0.3, 0.4) is 0 Å². The second-order valence-electron chi connectivity index (χ2n) is 3.40. The molecule has 2 aromatic heterocycles. The summed E-state index contributed by atoms with van der Waals surface area (Å²) >= 11 is 3.59. The number of hydrogen-bond donors (Lipinski definition) is 0. The molecule has 0 saturated carbocycles. The monoisotopic (exact) mass is 347 g/mol. The van der Waals surface area contributed by atoms with Crippen LogP contribution >= 0.6 is 33.9 Å². The number of rotatable bonds is 2. The summed E-state index contributed by atoms with van der Waals surface area (Å²) < 4.78 is 2.28. The van der Waals surface area contributed by atoms with Crippen LogP contribution < -0.4 is 5.56 Å². The van der Waals surface area contributed by atoms with Gasteiger partial charge in [-0.3, -0.25) is 9.36 Å². The zero-order valence-electron chi connectivity index (χ0n) is 8.90. The second-order valence-corrected chi connectivity index (χ2v) is 5.63. The number of hydrogen-bond acceptors (Lipinski definition) is 4. The number of nitrogens with zero attached hydrogens (tertiary/aromatic N) is 3. The Morgan fingerprint density at radius 3 is 2.88 bits per heavy atom. The smallest absolute Gasteiger partial charge is 0.267 e. The van der Waals surface area contributed by atoms with Crippen molar-refractivity contribution in [2.24, 2.45) is 0 Å². The number of halogens is 1. The van der Waals surface area contributed by atoms with Crippen LogP contribution in [0.15, 0.2) is 16.4 Å². The van der Waals surface area contributed by atoms with E-state index >= 15 is 0 Å². The molecule has 0 aliphatic rings. The first kappa shape index (κ1) is 11.7. The summed E-state index contributed by atoms with van der Waals surface area (Å²) in [6.07, 6.45) is 1.60. The second kappa shape index (κ2) is 4.62. The molecule has 0 spiro atoms. The van der Waals surface area contributed by atoms with E-state index in [1.807, 2.05) is 41.8 Å². The first-order valence-corrected chi connectivity index (χ1v) is 6.66. The van der Waals surface area contributed by atoms with Gasteiger partial charge in [0, 0.05) is 11.6 Å². The molecule has 0 amide bonds. The summed E-state index contributed by atoms with van der Waals surface area (Å²) in [7, 11) is 0. The van der Waals surface area contributed by atoms with Gasteiger partial charge in [-0.05, 0) is 36.4 Å². The van der Waals surface area contributed by atoms with Crippen molar-refractivity contribution in [1.82, 2.24) is 14.5 Å². The van der Waals surface area contributed by atoms with Crippen molar-refractivity contribution in [3.05, 3.63) is 42.0 Å². The summed E-state index contributed by atoms with van der Waals surface area (Å²) in [5.74, 6) is 0.719. The maximum absolute atomic E-state index is 11.9. The van der Waals surface area contributed by atoms with E-state index in [1.165, 1.54) is 0 Å². The number of thiazole rings is 1. The molecular weight excluding hydrogens is 337 g/mol. The van der Waals surface area contributed by atoms with Gasteiger partial charge in [-0.1, -0.05) is 0 Å². The van der Waals surface area contributed by atoms with Crippen LogP contribution in [-0.4, -0.2) is 14.5 Å². The molecule has 2 aromatic rings. The molecule has 0 radical (unpaired) electrons. The number of aryl methyl sites for hydroxylation is 2. The highest BCUT2D eigenvalue weighted by Gasteiger charge is 2.07. The molecule has 4 nitrogen and oxygen atoms in total. The Labute approximate surface area is 111 Å². The highest BCUT2D eigenvalue weighted by molar-refractivity contribution is 14.1. The lowest BCUT2D eigenvalue weighted by Crippen LogP contribution is -2.26. The van der Waals surface area contributed by atoms with Gasteiger partial charge in [0.2, 0.25) is 0 Å². The molecule has 0 unspecified atom stereocenters. The third-order valence-electron chi connectivity index (χ3n) is 2.19. The van der Waals surface area contributed by atoms with Crippen LogP contribution in [0.1, 0.15) is 16.5 Å². The molecule has 0 saturated heterocycles. The van der Waals surface area contributed by atoms with E-state index in [2.05, 4.69) is 9.97 Å². The Morgan fingerprint density at radius 2 is 2.25 bits per heavy atom. The molecule has 6 heteroatoms. The predicted molar refractivity (Wildman–Crippen MR) is 71.9 cm³/mol. The quantitative estimate of drug-likeness (QED) is 0.781. The zero-order chi connectivity index (χ0) is 11.7. The van der Waals surface area contributed by atoms with Crippen molar-refractivity contribution in [2.45, 2.75) is 20.4 Å². The van der Waals surface area contributed by atoms with Crippen molar-refractivity contribution < 1.29 is 0 Å². The summed E-state index contributed by atoms with van der Waals surface area (Å²) in [6.45, 7) is 4.28. The maximum atomic E-state index is 11.9. The van der Waals surface area contributed by atoms with Crippen molar-refractivity contribution in [2.75, 3.05) is 0 Å². The average Bonchev–Trinajstić information content (AvgIpc) is 2.65. The van der Waals surface area contributed by atoms with E-state index in [1.54, 1.807) is 22.1 Å². The SMILES string of the molecule is Cc1nc(Cn2c(C)ncc(I)c2=O)cs1. The fraction of sp³-hybridized carbons (Fsp3) is 0.300. The van der Waals surface area contributed by atoms with E-state index < -0.39 is 0 Å². The van der Waals surface area contributed by atoms with Gasteiger partial charge in [0.1, 0.15) is 5.82 Å². The van der Waals surface area contributed by atoms with E-state index in [9.17, 15) is 4.79 Å². The fourth-order valence-corrected chi connectivity index (χ4v) is 2.41. The minimum absolute atomic E-state index is 0.00115. The Balaban J connectivity index is 2.42. The highest BCUT2D eigenvalue weighted by Crippen LogP contribution is 2.09. The molecule has 2 rings (SSSR count). The lowest BCUT2D eigenvalue weighted by atomic mass is 10.4.